The molecule has 0 aliphatic rings. The molecule has 0 saturated heterocycles. The van der Waals surface area contributed by atoms with Gasteiger partial charge in [-0.1, -0.05) is 46.2 Å². The van der Waals surface area contributed by atoms with Crippen molar-refractivity contribution in [1.82, 2.24) is 53.2 Å². The second-order valence-electron chi connectivity index (χ2n) is 21.7. The number of nitrogens with one attached hydrogen (secondary N) is 10. The number of aliphatic hydroxyl groups excluding tert-OH is 3. The van der Waals surface area contributed by atoms with Gasteiger partial charge in [0.15, 0.2) is 11.9 Å². The number of phenols is 1. The molecule has 1 aromatic rings. The third-order valence-corrected chi connectivity index (χ3v) is 13.6. The van der Waals surface area contributed by atoms with E-state index in [4.69, 9.17) is 40.1 Å². The summed E-state index contributed by atoms with van der Waals surface area (Å²) in [5.41, 5.74) is 38.3. The van der Waals surface area contributed by atoms with E-state index in [9.17, 15) is 87.9 Å². The summed E-state index contributed by atoms with van der Waals surface area (Å²) in [6.07, 6.45) is -1.91. The van der Waals surface area contributed by atoms with Crippen LogP contribution in [0.25, 0.3) is 0 Å². The number of nitrogens with two attached hydrogens (primary N) is 7. The number of rotatable bonds is 43. The van der Waals surface area contributed by atoms with Crippen LogP contribution in [0.4, 0.5) is 0 Å². The molecular weight excluding hydrogens is 1200 g/mol. The number of hydrogen-bond donors (Lipinski definition) is 22. The fraction of sp³-hybridized carbons (Fsp3) is 0.611. The number of carboxylic acid groups (broad SMARTS) is 1. The smallest absolute Gasteiger partial charge is 0.326 e. The first-order chi connectivity index (χ1) is 42.7. The summed E-state index contributed by atoms with van der Waals surface area (Å²) in [4.78, 5) is 180. The Bertz CT molecular complexity index is 2710. The van der Waals surface area contributed by atoms with Crippen LogP contribution in [0.2, 0.25) is 0 Å². The van der Waals surface area contributed by atoms with Crippen molar-refractivity contribution >= 4 is 88.8 Å². The van der Waals surface area contributed by atoms with Gasteiger partial charge in [-0.05, 0) is 75.0 Å². The van der Waals surface area contributed by atoms with E-state index in [2.05, 4.69) is 63.2 Å². The highest BCUT2D eigenvalue weighted by atomic mass is 16.4. The summed E-state index contributed by atoms with van der Waals surface area (Å²) in [6.45, 7) is 4.49. The van der Waals surface area contributed by atoms with Gasteiger partial charge in [-0.25, -0.2) is 4.79 Å². The zero-order chi connectivity index (χ0) is 69.2. The molecule has 0 aromatic heterocycles. The van der Waals surface area contributed by atoms with Gasteiger partial charge >= 0.3 is 5.97 Å². The van der Waals surface area contributed by atoms with E-state index in [0.29, 0.717) is 12.0 Å². The molecule has 510 valence electrons. The molecule has 29 N–H and O–H groups in total. The van der Waals surface area contributed by atoms with Crippen LogP contribution in [0.3, 0.4) is 0 Å². The quantitative estimate of drug-likeness (QED) is 0.0164. The molecule has 0 aliphatic heterocycles. The number of guanidine groups is 2. The van der Waals surface area contributed by atoms with E-state index in [1.165, 1.54) is 38.1 Å². The minimum absolute atomic E-state index is 0.0118. The maximum atomic E-state index is 14.3. The van der Waals surface area contributed by atoms with Crippen molar-refractivity contribution in [1.29, 1.82) is 0 Å². The number of carboxylic acids is 1. The molecule has 91 heavy (non-hydrogen) atoms. The molecule has 37 nitrogen and oxygen atoms in total. The number of primary amides is 2. The first-order valence-electron chi connectivity index (χ1n) is 29.0. The Labute approximate surface area is 524 Å². The van der Waals surface area contributed by atoms with Gasteiger partial charge in [-0.3, -0.25) is 67.5 Å². The zero-order valence-corrected chi connectivity index (χ0v) is 51.4. The fourth-order valence-corrected chi connectivity index (χ4v) is 8.28. The summed E-state index contributed by atoms with van der Waals surface area (Å²) >= 11 is 0. The van der Waals surface area contributed by atoms with Gasteiger partial charge in [0.1, 0.15) is 66.2 Å². The van der Waals surface area contributed by atoms with E-state index >= 15 is 0 Å². The van der Waals surface area contributed by atoms with Crippen LogP contribution < -0.4 is 93.3 Å². The molecule has 0 bridgehead atoms. The largest absolute Gasteiger partial charge is 0.508 e. The summed E-state index contributed by atoms with van der Waals surface area (Å²) < 4.78 is 0. The normalized spacial score (nSPS) is 14.9. The number of carbonyl (C=O) groups is 13. The SMILES string of the molecule is CC[C@H](C)[C@H](NC(=O)[C@H](CO)NC(=O)[C@H](CCC(N)=O)NC(=O)[C@H](CO)NC(=O)[C@H](C)NC(=O)[C@@H](N)CCCN=C(N)N)C(=O)N[C@@H](CO)C(=O)N[C@@H](CCCN=C(N)N)C(=O)N[C@@H](Cc1ccc(O)cc1)C(=O)N[C@@H](CC(C)C)C(=O)N[C@@H](CC(N)=O)C(=O)O. The third-order valence-electron chi connectivity index (χ3n) is 13.6. The van der Waals surface area contributed by atoms with Crippen molar-refractivity contribution in [2.75, 3.05) is 32.9 Å². The van der Waals surface area contributed by atoms with Gasteiger partial charge < -0.3 is 119 Å². The van der Waals surface area contributed by atoms with E-state index in [1.54, 1.807) is 20.8 Å². The van der Waals surface area contributed by atoms with Crippen molar-refractivity contribution in [3.05, 3.63) is 29.8 Å². The monoisotopic (exact) mass is 1290 g/mol. The van der Waals surface area contributed by atoms with Gasteiger partial charge in [0.2, 0.25) is 70.9 Å². The van der Waals surface area contributed by atoms with Crippen LogP contribution in [0.15, 0.2) is 34.3 Å². The van der Waals surface area contributed by atoms with E-state index < -0.39 is 188 Å². The van der Waals surface area contributed by atoms with Crippen molar-refractivity contribution in [3.63, 3.8) is 0 Å². The topological polar surface area (TPSA) is 650 Å². The molecule has 0 radical (unpaired) electrons. The minimum Gasteiger partial charge on any atom is -0.508 e. The van der Waals surface area contributed by atoms with Gasteiger partial charge in [-0.15, -0.1) is 0 Å². The lowest BCUT2D eigenvalue weighted by atomic mass is 9.97. The van der Waals surface area contributed by atoms with Crippen LogP contribution in [0.1, 0.15) is 98.0 Å². The Kier molecular flexibility index (Phi) is 35.8. The highest BCUT2D eigenvalue weighted by Gasteiger charge is 2.37. The molecule has 0 fully saturated rings. The van der Waals surface area contributed by atoms with Crippen LogP contribution in [-0.4, -0.2) is 214 Å². The molecule has 12 atom stereocenters. The average molecular weight is 1290 g/mol. The number of phenolic OH excluding ortho intramolecular Hbond substituents is 1. The summed E-state index contributed by atoms with van der Waals surface area (Å²) in [7, 11) is 0. The predicted octanol–water partition coefficient (Wildman–Crippen LogP) is -9.47. The molecule has 0 unspecified atom stereocenters. The second kappa shape index (κ2) is 40.9. The predicted molar refractivity (Wildman–Crippen MR) is 325 cm³/mol. The van der Waals surface area contributed by atoms with E-state index in [-0.39, 0.29) is 75.2 Å². The molecule has 0 aliphatic carbocycles. The van der Waals surface area contributed by atoms with Crippen molar-refractivity contribution < 1.29 is 87.9 Å². The number of carbonyl (C=O) groups excluding carboxylic acids is 12. The number of hydrogen-bond acceptors (Lipinski definition) is 20. The Hall–Kier alpha value is -9.49. The minimum atomic E-state index is -1.90. The van der Waals surface area contributed by atoms with Crippen LogP contribution in [0.5, 0.6) is 5.75 Å². The Morgan fingerprint density at radius 3 is 1.34 bits per heavy atom. The number of amides is 12. The maximum absolute atomic E-state index is 14.3. The Morgan fingerprint density at radius 2 is 0.879 bits per heavy atom. The van der Waals surface area contributed by atoms with Gasteiger partial charge in [0, 0.05) is 25.9 Å². The Morgan fingerprint density at radius 1 is 0.473 bits per heavy atom. The standard InChI is InChI=1S/C54H91N19O18/c1-6-26(4)41(73-50(88)38(24-76)71-45(83)32(15-16-39(56)78)66-48(86)36(22-74)70-42(80)27(5)64-43(81)30(55)9-7-17-62-53(58)59)51(89)72-37(23-75)49(87)65-31(10-8-18-63-54(60)61)44(82)68-34(20-28-11-13-29(77)14-12-28)47(85)67-33(19-25(2)3)46(84)69-35(52(90)91)21-40(57)79/h11-14,25-27,30-38,41,74-77H,6-10,15-24,55H2,1-5H3,(H2,56,78)(H2,57,79)(H,64,81)(H,65,87)(H,66,86)(H,67,85)(H,68,82)(H,69,84)(H,70,80)(H,71,83)(H,72,89)(H,73,88)(H,90,91)(H4,58,59,62)(H4,60,61,63)/t26-,27-,30-,31-,32-,33-,34-,35-,36-,37-,38-,41-/m0/s1. The van der Waals surface area contributed by atoms with Crippen LogP contribution >= 0.6 is 0 Å². The molecule has 12 amide bonds. The molecule has 0 heterocycles. The van der Waals surface area contributed by atoms with Crippen molar-refractivity contribution in [2.24, 2.45) is 62.0 Å². The zero-order valence-electron chi connectivity index (χ0n) is 51.4. The molecule has 0 spiro atoms. The highest BCUT2D eigenvalue weighted by molar-refractivity contribution is 5.99. The number of aliphatic carboxylic acids is 1. The van der Waals surface area contributed by atoms with Crippen LogP contribution in [-0.2, 0) is 68.7 Å². The molecule has 1 aromatic carbocycles. The number of aromatic hydroxyl groups is 1. The lowest BCUT2D eigenvalue weighted by Crippen LogP contribution is -2.62. The molecule has 1 rings (SSSR count). The number of aliphatic hydroxyl groups is 3. The van der Waals surface area contributed by atoms with Gasteiger partial charge in [-0.2, -0.15) is 0 Å². The Balaban J connectivity index is 3.48. The summed E-state index contributed by atoms with van der Waals surface area (Å²) in [6, 6.07) is -12.3. The lowest BCUT2D eigenvalue weighted by molar-refractivity contribution is -0.144. The van der Waals surface area contributed by atoms with Gasteiger partial charge in [0.05, 0.1) is 32.3 Å². The highest BCUT2D eigenvalue weighted by Crippen LogP contribution is 2.15. The first kappa shape index (κ1) is 79.5. The summed E-state index contributed by atoms with van der Waals surface area (Å²) in [5, 5.41) is 73.8. The van der Waals surface area contributed by atoms with Crippen LogP contribution in [0, 0.1) is 11.8 Å². The molecule has 37 heteroatoms. The molecule has 0 saturated carbocycles. The number of nitrogens with zero attached hydrogens (tertiary/aromatic N) is 2. The van der Waals surface area contributed by atoms with Crippen molar-refractivity contribution in [2.45, 2.75) is 165 Å². The fourth-order valence-electron chi connectivity index (χ4n) is 8.28. The number of benzene rings is 1. The van der Waals surface area contributed by atoms with Crippen molar-refractivity contribution in [3.8, 4) is 5.75 Å². The van der Waals surface area contributed by atoms with E-state index in [0.717, 1.165) is 0 Å². The average Bonchev–Trinajstić information content (AvgIpc) is 1.26. The third kappa shape index (κ3) is 30.5. The van der Waals surface area contributed by atoms with E-state index in [1.807, 2.05) is 0 Å². The summed E-state index contributed by atoms with van der Waals surface area (Å²) in [5.74, 6) is -16.0. The maximum Gasteiger partial charge on any atom is 0.326 e. The second-order valence-corrected chi connectivity index (χ2v) is 21.7. The number of aliphatic imine (C=N–C) groups is 2. The molecular formula is C54H91N19O18. The first-order valence-corrected chi connectivity index (χ1v) is 29.0. The van der Waals surface area contributed by atoms with Gasteiger partial charge in [0.25, 0.3) is 0 Å². The lowest BCUT2D eigenvalue weighted by Gasteiger charge is -2.29.